The zero-order valence-corrected chi connectivity index (χ0v) is 14.7. The molecular formula is C21H28O2. The SMILES string of the molecule is CCc1cc(CC)c(C2C(=O)C3CCCCC3C2=O)c(CC)c1. The summed E-state index contributed by atoms with van der Waals surface area (Å²) >= 11 is 0. The summed E-state index contributed by atoms with van der Waals surface area (Å²) < 4.78 is 0. The molecule has 0 saturated heterocycles. The lowest BCUT2D eigenvalue weighted by Gasteiger charge is -2.21. The highest BCUT2D eigenvalue weighted by atomic mass is 16.2. The number of hydrogen-bond acceptors (Lipinski definition) is 2. The van der Waals surface area contributed by atoms with E-state index in [1.807, 2.05) is 0 Å². The van der Waals surface area contributed by atoms with Crippen LogP contribution in [0.1, 0.15) is 74.6 Å². The average molecular weight is 312 g/mol. The lowest BCUT2D eigenvalue weighted by molar-refractivity contribution is -0.125. The molecule has 3 rings (SSSR count). The van der Waals surface area contributed by atoms with Gasteiger partial charge in [-0.2, -0.15) is 0 Å². The molecule has 2 aliphatic rings. The molecule has 2 nitrogen and oxygen atoms in total. The van der Waals surface area contributed by atoms with Gasteiger partial charge in [-0.25, -0.2) is 0 Å². The zero-order valence-electron chi connectivity index (χ0n) is 14.7. The molecule has 23 heavy (non-hydrogen) atoms. The van der Waals surface area contributed by atoms with Crippen LogP contribution in [0.2, 0.25) is 0 Å². The zero-order chi connectivity index (χ0) is 16.6. The minimum atomic E-state index is -0.473. The van der Waals surface area contributed by atoms with Gasteiger partial charge in [0, 0.05) is 11.8 Å². The van der Waals surface area contributed by atoms with Crippen LogP contribution in [0.5, 0.6) is 0 Å². The van der Waals surface area contributed by atoms with Gasteiger partial charge in [-0.1, -0.05) is 45.7 Å². The maximum Gasteiger partial charge on any atom is 0.151 e. The van der Waals surface area contributed by atoms with Crippen LogP contribution >= 0.6 is 0 Å². The summed E-state index contributed by atoms with van der Waals surface area (Å²) in [7, 11) is 0. The topological polar surface area (TPSA) is 34.1 Å². The number of rotatable bonds is 4. The van der Waals surface area contributed by atoms with Crippen molar-refractivity contribution in [2.45, 2.75) is 71.6 Å². The first-order chi connectivity index (χ1) is 11.1. The van der Waals surface area contributed by atoms with Gasteiger partial charge in [0.25, 0.3) is 0 Å². The molecule has 2 heteroatoms. The van der Waals surface area contributed by atoms with Gasteiger partial charge in [0.05, 0.1) is 0 Å². The Kier molecular flexibility index (Phi) is 4.70. The van der Waals surface area contributed by atoms with Crippen molar-refractivity contribution >= 4 is 11.6 Å². The number of carbonyl (C=O) groups is 2. The van der Waals surface area contributed by atoms with Gasteiger partial charge in [0.15, 0.2) is 11.6 Å². The van der Waals surface area contributed by atoms with Gasteiger partial charge < -0.3 is 0 Å². The third kappa shape index (κ3) is 2.66. The van der Waals surface area contributed by atoms with Crippen LogP contribution < -0.4 is 0 Å². The van der Waals surface area contributed by atoms with Crippen LogP contribution in [0, 0.1) is 11.8 Å². The maximum absolute atomic E-state index is 13.0. The summed E-state index contributed by atoms with van der Waals surface area (Å²) in [5.41, 5.74) is 4.81. The first-order valence-corrected chi connectivity index (χ1v) is 9.34. The third-order valence-corrected chi connectivity index (χ3v) is 5.94. The Labute approximate surface area is 139 Å². The van der Waals surface area contributed by atoms with Crippen molar-refractivity contribution in [2.24, 2.45) is 11.8 Å². The molecule has 0 N–H and O–H groups in total. The van der Waals surface area contributed by atoms with E-state index in [1.165, 1.54) is 16.7 Å². The van der Waals surface area contributed by atoms with Gasteiger partial charge in [-0.3, -0.25) is 9.59 Å². The molecule has 1 aromatic carbocycles. The first-order valence-electron chi connectivity index (χ1n) is 9.34. The van der Waals surface area contributed by atoms with E-state index in [0.29, 0.717) is 0 Å². The van der Waals surface area contributed by atoms with Crippen molar-refractivity contribution in [3.8, 4) is 0 Å². The van der Waals surface area contributed by atoms with Gasteiger partial charge >= 0.3 is 0 Å². The summed E-state index contributed by atoms with van der Waals surface area (Å²) in [6.45, 7) is 6.43. The summed E-state index contributed by atoms with van der Waals surface area (Å²) in [6, 6.07) is 4.44. The fraction of sp³-hybridized carbons (Fsp3) is 0.619. The van der Waals surface area contributed by atoms with Gasteiger partial charge in [0.1, 0.15) is 5.92 Å². The Balaban J connectivity index is 2.10. The number of benzene rings is 1. The van der Waals surface area contributed by atoms with Crippen molar-refractivity contribution in [1.82, 2.24) is 0 Å². The smallest absolute Gasteiger partial charge is 0.151 e. The lowest BCUT2D eigenvalue weighted by atomic mass is 9.81. The van der Waals surface area contributed by atoms with Crippen LogP contribution in [-0.4, -0.2) is 11.6 Å². The van der Waals surface area contributed by atoms with Crippen LogP contribution in [0.15, 0.2) is 12.1 Å². The van der Waals surface area contributed by atoms with Crippen molar-refractivity contribution in [3.05, 3.63) is 34.4 Å². The second kappa shape index (κ2) is 6.59. The molecule has 0 aromatic heterocycles. The quantitative estimate of drug-likeness (QED) is 0.771. The van der Waals surface area contributed by atoms with Crippen LogP contribution in [0.25, 0.3) is 0 Å². The highest BCUT2D eigenvalue weighted by Crippen LogP contribution is 2.46. The fourth-order valence-corrected chi connectivity index (χ4v) is 4.68. The number of Topliss-reactive ketones (excluding diaryl/α,β-unsaturated/α-hetero) is 2. The molecule has 0 radical (unpaired) electrons. The molecule has 2 aliphatic carbocycles. The van der Waals surface area contributed by atoms with Crippen LogP contribution in [0.4, 0.5) is 0 Å². The molecule has 0 amide bonds. The van der Waals surface area contributed by atoms with Gasteiger partial charge in [-0.15, -0.1) is 0 Å². The number of ketones is 2. The number of hydrogen-bond donors (Lipinski definition) is 0. The van der Waals surface area contributed by atoms with E-state index in [0.717, 1.165) is 50.5 Å². The summed E-state index contributed by atoms with van der Waals surface area (Å²) in [4.78, 5) is 26.0. The maximum atomic E-state index is 13.0. The molecule has 0 spiro atoms. The van der Waals surface area contributed by atoms with E-state index in [9.17, 15) is 9.59 Å². The number of carbonyl (C=O) groups excluding carboxylic acids is 2. The molecule has 2 saturated carbocycles. The molecule has 2 fully saturated rings. The second-order valence-corrected chi connectivity index (χ2v) is 7.12. The second-order valence-electron chi connectivity index (χ2n) is 7.12. The Bertz CT molecular complexity index is 580. The van der Waals surface area contributed by atoms with Crippen LogP contribution in [-0.2, 0) is 28.9 Å². The fourth-order valence-electron chi connectivity index (χ4n) is 4.68. The Hall–Kier alpha value is -1.44. The molecule has 1 aromatic rings. The Morgan fingerprint density at radius 2 is 1.30 bits per heavy atom. The van der Waals surface area contributed by atoms with Crippen LogP contribution in [0.3, 0.4) is 0 Å². The van der Waals surface area contributed by atoms with E-state index in [1.54, 1.807) is 0 Å². The number of aryl methyl sites for hydroxylation is 3. The minimum Gasteiger partial charge on any atom is -0.298 e. The number of fused-ring (bicyclic) bond motifs is 1. The van der Waals surface area contributed by atoms with Crippen molar-refractivity contribution in [3.63, 3.8) is 0 Å². The Morgan fingerprint density at radius 1 is 0.826 bits per heavy atom. The predicted molar refractivity (Wildman–Crippen MR) is 92.8 cm³/mol. The van der Waals surface area contributed by atoms with E-state index in [-0.39, 0.29) is 23.4 Å². The van der Waals surface area contributed by atoms with Crippen molar-refractivity contribution in [1.29, 1.82) is 0 Å². The lowest BCUT2D eigenvalue weighted by Crippen LogP contribution is -2.21. The molecular weight excluding hydrogens is 284 g/mol. The largest absolute Gasteiger partial charge is 0.298 e. The van der Waals surface area contributed by atoms with E-state index >= 15 is 0 Å². The predicted octanol–water partition coefficient (Wildman–Crippen LogP) is 4.42. The molecule has 0 heterocycles. The van der Waals surface area contributed by atoms with E-state index in [4.69, 9.17) is 0 Å². The molecule has 0 bridgehead atoms. The van der Waals surface area contributed by atoms with Gasteiger partial charge in [0.2, 0.25) is 0 Å². The Morgan fingerprint density at radius 3 is 1.70 bits per heavy atom. The highest BCUT2D eigenvalue weighted by Gasteiger charge is 2.50. The van der Waals surface area contributed by atoms with Gasteiger partial charge in [-0.05, 0) is 54.4 Å². The van der Waals surface area contributed by atoms with Crippen molar-refractivity contribution < 1.29 is 9.59 Å². The van der Waals surface area contributed by atoms with Crippen molar-refractivity contribution in [2.75, 3.05) is 0 Å². The summed E-state index contributed by atoms with van der Waals surface area (Å²) in [6.07, 6.45) is 6.82. The first kappa shape index (κ1) is 16.4. The van der Waals surface area contributed by atoms with E-state index < -0.39 is 5.92 Å². The average Bonchev–Trinajstić information content (AvgIpc) is 2.85. The molecule has 2 atom stereocenters. The standard InChI is InChI=1S/C21H28O2/c1-4-13-11-14(5-2)18(15(6-3)12-13)19-20(22)16-9-7-8-10-17(16)21(19)23/h11-12,16-17,19H,4-10H2,1-3H3. The highest BCUT2D eigenvalue weighted by molar-refractivity contribution is 6.16. The molecule has 0 aliphatic heterocycles. The monoisotopic (exact) mass is 312 g/mol. The molecule has 2 unspecified atom stereocenters. The molecule has 124 valence electrons. The third-order valence-electron chi connectivity index (χ3n) is 5.94. The summed E-state index contributed by atoms with van der Waals surface area (Å²) in [5, 5.41) is 0. The van der Waals surface area contributed by atoms with E-state index in [2.05, 4.69) is 32.9 Å². The minimum absolute atomic E-state index is 0.00140. The summed E-state index contributed by atoms with van der Waals surface area (Å²) in [5.74, 6) is -0.0383. The normalized spacial score (nSPS) is 27.3.